The van der Waals surface area contributed by atoms with Gasteiger partial charge in [-0.2, -0.15) is 0 Å². The Morgan fingerprint density at radius 3 is 2.58 bits per heavy atom. The van der Waals surface area contributed by atoms with Crippen molar-refractivity contribution in [3.8, 4) is 0 Å². The van der Waals surface area contributed by atoms with Crippen molar-refractivity contribution < 1.29 is 9.90 Å². The Kier molecular flexibility index (Phi) is 7.19. The summed E-state index contributed by atoms with van der Waals surface area (Å²) in [5.41, 5.74) is 1.99. The maximum Gasteiger partial charge on any atom is 0.251 e. The number of hydrogen-bond acceptors (Lipinski definition) is 2. The van der Waals surface area contributed by atoms with Crippen molar-refractivity contribution in [1.82, 2.24) is 5.32 Å². The first-order chi connectivity index (χ1) is 9.17. The van der Waals surface area contributed by atoms with Gasteiger partial charge >= 0.3 is 0 Å². The topological polar surface area (TPSA) is 49.3 Å². The number of carbonyl (C=O) groups is 1. The van der Waals surface area contributed by atoms with Crippen molar-refractivity contribution in [3.63, 3.8) is 0 Å². The summed E-state index contributed by atoms with van der Waals surface area (Å²) in [6.45, 7) is 4.97. The van der Waals surface area contributed by atoms with Crippen LogP contribution in [0, 0.1) is 5.92 Å². The van der Waals surface area contributed by atoms with E-state index in [2.05, 4.69) is 12.2 Å². The molecule has 0 saturated heterocycles. The third-order valence-corrected chi connectivity index (χ3v) is 3.27. The van der Waals surface area contributed by atoms with E-state index in [1.165, 1.54) is 18.4 Å². The Bertz CT molecular complexity index is 373. The zero-order chi connectivity index (χ0) is 14.1. The number of amides is 1. The number of carbonyl (C=O) groups excluding carboxylic acids is 1. The van der Waals surface area contributed by atoms with Gasteiger partial charge in [0.1, 0.15) is 0 Å². The van der Waals surface area contributed by atoms with E-state index in [0.717, 1.165) is 12.8 Å². The Morgan fingerprint density at radius 1 is 1.32 bits per heavy atom. The normalized spacial score (nSPS) is 12.2. The molecule has 0 bridgehead atoms. The minimum absolute atomic E-state index is 0.0353. The number of aliphatic hydroxyl groups is 1. The zero-order valence-electron chi connectivity index (χ0n) is 12.0. The monoisotopic (exact) mass is 263 g/mol. The van der Waals surface area contributed by atoms with Crippen LogP contribution >= 0.6 is 0 Å². The summed E-state index contributed by atoms with van der Waals surface area (Å²) < 4.78 is 0. The predicted molar refractivity (Wildman–Crippen MR) is 78.3 cm³/mol. The number of rotatable bonds is 8. The highest BCUT2D eigenvalue weighted by molar-refractivity contribution is 5.94. The van der Waals surface area contributed by atoms with Crippen LogP contribution < -0.4 is 5.32 Å². The smallest absolute Gasteiger partial charge is 0.251 e. The molecule has 0 spiro atoms. The molecule has 106 valence electrons. The number of aliphatic hydroxyl groups excluding tert-OH is 1. The second-order valence-electron chi connectivity index (χ2n) is 5.13. The Hall–Kier alpha value is -1.35. The number of unbranched alkanes of at least 4 members (excludes halogenated alkanes) is 1. The molecule has 3 heteroatoms. The van der Waals surface area contributed by atoms with Crippen molar-refractivity contribution in [2.45, 2.75) is 39.5 Å². The fourth-order valence-corrected chi connectivity index (χ4v) is 1.90. The Morgan fingerprint density at radius 2 is 2.00 bits per heavy atom. The lowest BCUT2D eigenvalue weighted by Gasteiger charge is -2.11. The Labute approximate surface area is 116 Å². The quantitative estimate of drug-likeness (QED) is 0.757. The van der Waals surface area contributed by atoms with Crippen molar-refractivity contribution in [3.05, 3.63) is 35.4 Å². The zero-order valence-corrected chi connectivity index (χ0v) is 12.0. The van der Waals surface area contributed by atoms with Gasteiger partial charge in [0.2, 0.25) is 0 Å². The molecule has 1 aromatic carbocycles. The molecular formula is C16H25NO2. The molecule has 1 atom stereocenters. The summed E-state index contributed by atoms with van der Waals surface area (Å²) >= 11 is 0. The SMILES string of the molecule is CCCCc1ccc(C(=O)NCC(C)CCO)cc1. The number of hydrogen-bond donors (Lipinski definition) is 2. The van der Waals surface area contributed by atoms with E-state index in [0.29, 0.717) is 18.0 Å². The first kappa shape index (κ1) is 15.7. The predicted octanol–water partition coefficient (Wildman–Crippen LogP) is 2.78. The fourth-order valence-electron chi connectivity index (χ4n) is 1.90. The minimum atomic E-state index is -0.0353. The van der Waals surface area contributed by atoms with E-state index < -0.39 is 0 Å². The van der Waals surface area contributed by atoms with Gasteiger partial charge in [0.25, 0.3) is 5.91 Å². The van der Waals surface area contributed by atoms with Crippen molar-refractivity contribution in [1.29, 1.82) is 0 Å². The molecule has 19 heavy (non-hydrogen) atoms. The lowest BCUT2D eigenvalue weighted by atomic mass is 10.1. The molecule has 0 fully saturated rings. The van der Waals surface area contributed by atoms with E-state index in [4.69, 9.17) is 5.11 Å². The van der Waals surface area contributed by atoms with Crippen molar-refractivity contribution >= 4 is 5.91 Å². The third-order valence-electron chi connectivity index (χ3n) is 3.27. The molecule has 1 rings (SSSR count). The highest BCUT2D eigenvalue weighted by Gasteiger charge is 2.07. The molecular weight excluding hydrogens is 238 g/mol. The van der Waals surface area contributed by atoms with Gasteiger partial charge in [-0.05, 0) is 42.9 Å². The van der Waals surface area contributed by atoms with Crippen molar-refractivity contribution in [2.24, 2.45) is 5.92 Å². The third kappa shape index (κ3) is 5.88. The lowest BCUT2D eigenvalue weighted by molar-refractivity contribution is 0.0945. The van der Waals surface area contributed by atoms with Gasteiger partial charge in [-0.25, -0.2) is 0 Å². The molecule has 0 radical (unpaired) electrons. The molecule has 0 heterocycles. The van der Waals surface area contributed by atoms with Crippen LogP contribution in [0.2, 0.25) is 0 Å². The summed E-state index contributed by atoms with van der Waals surface area (Å²) in [7, 11) is 0. The van der Waals surface area contributed by atoms with Crippen LogP contribution in [0.5, 0.6) is 0 Å². The van der Waals surface area contributed by atoms with Crippen LogP contribution in [0.25, 0.3) is 0 Å². The molecule has 1 aromatic rings. The maximum absolute atomic E-state index is 11.9. The Balaban J connectivity index is 2.44. The molecule has 0 aliphatic heterocycles. The maximum atomic E-state index is 11.9. The van der Waals surface area contributed by atoms with Crippen LogP contribution in [-0.4, -0.2) is 24.2 Å². The lowest BCUT2D eigenvalue weighted by Crippen LogP contribution is -2.28. The second kappa shape index (κ2) is 8.70. The molecule has 0 aliphatic rings. The van der Waals surface area contributed by atoms with Crippen LogP contribution in [0.15, 0.2) is 24.3 Å². The molecule has 2 N–H and O–H groups in total. The molecule has 0 aliphatic carbocycles. The van der Waals surface area contributed by atoms with Gasteiger partial charge < -0.3 is 10.4 Å². The van der Waals surface area contributed by atoms with Crippen LogP contribution in [0.4, 0.5) is 0 Å². The van der Waals surface area contributed by atoms with Crippen LogP contribution in [0.1, 0.15) is 49.0 Å². The van der Waals surface area contributed by atoms with Crippen LogP contribution in [-0.2, 0) is 6.42 Å². The largest absolute Gasteiger partial charge is 0.396 e. The first-order valence-electron chi connectivity index (χ1n) is 7.15. The van der Waals surface area contributed by atoms with Crippen LogP contribution in [0.3, 0.4) is 0 Å². The first-order valence-corrected chi connectivity index (χ1v) is 7.15. The van der Waals surface area contributed by atoms with Gasteiger partial charge in [0, 0.05) is 18.7 Å². The van der Waals surface area contributed by atoms with Gasteiger partial charge in [0.05, 0.1) is 0 Å². The highest BCUT2D eigenvalue weighted by Crippen LogP contribution is 2.08. The minimum Gasteiger partial charge on any atom is -0.396 e. The van der Waals surface area contributed by atoms with E-state index in [9.17, 15) is 4.79 Å². The number of aryl methyl sites for hydroxylation is 1. The number of nitrogens with one attached hydrogen (secondary N) is 1. The van der Waals surface area contributed by atoms with E-state index in [1.807, 2.05) is 31.2 Å². The van der Waals surface area contributed by atoms with E-state index in [1.54, 1.807) is 0 Å². The summed E-state index contributed by atoms with van der Waals surface area (Å²) in [4.78, 5) is 11.9. The molecule has 0 aromatic heterocycles. The summed E-state index contributed by atoms with van der Waals surface area (Å²) in [5.74, 6) is 0.268. The van der Waals surface area contributed by atoms with E-state index >= 15 is 0 Å². The van der Waals surface area contributed by atoms with Crippen molar-refractivity contribution in [2.75, 3.05) is 13.2 Å². The molecule has 0 saturated carbocycles. The summed E-state index contributed by atoms with van der Waals surface area (Å²) in [5, 5.41) is 11.7. The van der Waals surface area contributed by atoms with Gasteiger partial charge in [-0.1, -0.05) is 32.4 Å². The van der Waals surface area contributed by atoms with E-state index in [-0.39, 0.29) is 12.5 Å². The average molecular weight is 263 g/mol. The van der Waals surface area contributed by atoms with Gasteiger partial charge in [-0.15, -0.1) is 0 Å². The van der Waals surface area contributed by atoms with Gasteiger partial charge in [-0.3, -0.25) is 4.79 Å². The average Bonchev–Trinajstić information content (AvgIpc) is 2.43. The highest BCUT2D eigenvalue weighted by atomic mass is 16.3. The standard InChI is InChI=1S/C16H25NO2/c1-3-4-5-14-6-8-15(9-7-14)16(19)17-12-13(2)10-11-18/h6-9,13,18H,3-5,10-12H2,1-2H3,(H,17,19). The second-order valence-corrected chi connectivity index (χ2v) is 5.13. The molecule has 3 nitrogen and oxygen atoms in total. The fraction of sp³-hybridized carbons (Fsp3) is 0.562. The summed E-state index contributed by atoms with van der Waals surface area (Å²) in [6, 6.07) is 7.83. The summed E-state index contributed by atoms with van der Waals surface area (Å²) in [6.07, 6.45) is 4.16. The van der Waals surface area contributed by atoms with Gasteiger partial charge in [0.15, 0.2) is 0 Å². The number of benzene rings is 1. The molecule has 1 unspecified atom stereocenters. The molecule has 1 amide bonds.